The number of carbonyl (C=O) groups excluding carboxylic acids is 1. The molecule has 160 valence electrons. The van der Waals surface area contributed by atoms with Gasteiger partial charge in [-0.1, -0.05) is 38.0 Å². The Labute approximate surface area is 181 Å². The molecule has 2 aliphatic heterocycles. The normalized spacial score (nSPS) is 34.4. The van der Waals surface area contributed by atoms with Crippen molar-refractivity contribution in [2.24, 2.45) is 11.3 Å². The van der Waals surface area contributed by atoms with E-state index in [-0.39, 0.29) is 23.9 Å². The summed E-state index contributed by atoms with van der Waals surface area (Å²) < 4.78 is 0. The zero-order valence-electron chi connectivity index (χ0n) is 17.7. The Balaban J connectivity index is 0.00000205. The summed E-state index contributed by atoms with van der Waals surface area (Å²) in [5.41, 5.74) is 1.44. The van der Waals surface area contributed by atoms with E-state index in [0.29, 0.717) is 12.1 Å². The molecule has 1 N–H and O–H groups in total. The minimum absolute atomic E-state index is 0. The van der Waals surface area contributed by atoms with Crippen molar-refractivity contribution < 1.29 is 4.79 Å². The van der Waals surface area contributed by atoms with Crippen LogP contribution in [0.5, 0.6) is 0 Å². The van der Waals surface area contributed by atoms with Crippen molar-refractivity contribution in [2.75, 3.05) is 24.7 Å². The molecule has 2 heterocycles. The van der Waals surface area contributed by atoms with E-state index in [1.165, 1.54) is 50.6 Å². The zero-order valence-corrected chi connectivity index (χ0v) is 18.6. The number of rotatable bonds is 2. The molecule has 2 saturated carbocycles. The van der Waals surface area contributed by atoms with Gasteiger partial charge in [-0.3, -0.25) is 4.79 Å². The molecule has 0 aromatic heterocycles. The van der Waals surface area contributed by atoms with E-state index < -0.39 is 0 Å². The lowest BCUT2D eigenvalue weighted by Crippen LogP contribution is -2.58. The van der Waals surface area contributed by atoms with Gasteiger partial charge in [0.2, 0.25) is 5.91 Å². The van der Waals surface area contributed by atoms with E-state index in [1.807, 2.05) is 6.07 Å². The molecule has 3 atom stereocenters. The molecule has 4 aliphatic rings. The van der Waals surface area contributed by atoms with Gasteiger partial charge in [0.15, 0.2) is 0 Å². The molecule has 4 fully saturated rings. The van der Waals surface area contributed by atoms with E-state index in [2.05, 4.69) is 46.3 Å². The van der Waals surface area contributed by atoms with Gasteiger partial charge in [0, 0.05) is 24.8 Å². The monoisotopic (exact) mass is 417 g/mol. The van der Waals surface area contributed by atoms with Crippen LogP contribution < -0.4 is 10.2 Å². The number of nitrogens with zero attached hydrogens (tertiary/aromatic N) is 2. The number of halogens is 1. The number of hydrogen-bond acceptors (Lipinski definition) is 3. The van der Waals surface area contributed by atoms with Gasteiger partial charge in [0.05, 0.1) is 6.67 Å². The van der Waals surface area contributed by atoms with E-state index in [1.54, 1.807) is 0 Å². The first-order chi connectivity index (χ1) is 13.6. The molecule has 29 heavy (non-hydrogen) atoms. The molecule has 4 nitrogen and oxygen atoms in total. The second kappa shape index (κ2) is 8.11. The maximum atomic E-state index is 12.9. The smallest absolute Gasteiger partial charge is 0.247 e. The van der Waals surface area contributed by atoms with E-state index in [0.717, 1.165) is 37.9 Å². The summed E-state index contributed by atoms with van der Waals surface area (Å²) >= 11 is 0. The molecule has 1 aromatic rings. The lowest BCUT2D eigenvalue weighted by Gasteiger charge is -2.52. The first-order valence-corrected chi connectivity index (χ1v) is 11.5. The second-order valence-electron chi connectivity index (χ2n) is 10.0. The lowest BCUT2D eigenvalue weighted by molar-refractivity contribution is -0.125. The molecule has 1 spiro atoms. The number of amides is 1. The summed E-state index contributed by atoms with van der Waals surface area (Å²) in [5, 5.41) is 3.13. The molecule has 2 aliphatic carbocycles. The summed E-state index contributed by atoms with van der Waals surface area (Å²) in [5.74, 6) is 1.16. The Morgan fingerprint density at radius 2 is 1.76 bits per heavy atom. The molecule has 0 radical (unpaired) electrons. The highest BCUT2D eigenvalue weighted by Gasteiger charge is 2.51. The van der Waals surface area contributed by atoms with Crippen LogP contribution in [0.1, 0.15) is 64.7 Å². The Hall–Kier alpha value is -1.26. The average Bonchev–Trinajstić information content (AvgIpc) is 3.04. The van der Waals surface area contributed by atoms with Crippen LogP contribution in [0, 0.1) is 11.3 Å². The van der Waals surface area contributed by atoms with Crippen molar-refractivity contribution in [3.8, 4) is 0 Å². The van der Waals surface area contributed by atoms with Crippen molar-refractivity contribution in [3.05, 3.63) is 30.3 Å². The van der Waals surface area contributed by atoms with E-state index in [9.17, 15) is 4.79 Å². The fraction of sp³-hybridized carbons (Fsp3) is 0.708. The largest absolute Gasteiger partial charge is 0.339 e. The Morgan fingerprint density at radius 1 is 1.00 bits per heavy atom. The SMILES string of the molecule is CC12CCCCC1CC(N1CCC3(CC1)C(=O)NCN3c1ccccc1)CC2.Cl. The maximum absolute atomic E-state index is 12.9. The van der Waals surface area contributed by atoms with Crippen LogP contribution in [0.4, 0.5) is 5.69 Å². The summed E-state index contributed by atoms with van der Waals surface area (Å²) in [4.78, 5) is 17.9. The van der Waals surface area contributed by atoms with Crippen LogP contribution in [0.2, 0.25) is 0 Å². The van der Waals surface area contributed by atoms with Crippen molar-refractivity contribution in [2.45, 2.75) is 76.3 Å². The number of benzene rings is 1. The quantitative estimate of drug-likeness (QED) is 0.764. The van der Waals surface area contributed by atoms with Crippen molar-refractivity contribution in [1.82, 2.24) is 10.2 Å². The van der Waals surface area contributed by atoms with Crippen LogP contribution in [-0.4, -0.2) is 42.1 Å². The topological polar surface area (TPSA) is 35.6 Å². The summed E-state index contributed by atoms with van der Waals surface area (Å²) in [6.45, 7) is 5.32. The van der Waals surface area contributed by atoms with Crippen LogP contribution in [0.25, 0.3) is 0 Å². The zero-order chi connectivity index (χ0) is 19.2. The Bertz CT molecular complexity index is 718. The van der Waals surface area contributed by atoms with Gasteiger partial charge >= 0.3 is 0 Å². The van der Waals surface area contributed by atoms with Gasteiger partial charge in [-0.25, -0.2) is 0 Å². The number of anilines is 1. The average molecular weight is 418 g/mol. The summed E-state index contributed by atoms with van der Waals surface area (Å²) in [7, 11) is 0. The van der Waals surface area contributed by atoms with Gasteiger partial charge in [-0.15, -0.1) is 12.4 Å². The van der Waals surface area contributed by atoms with Crippen molar-refractivity contribution in [3.63, 3.8) is 0 Å². The van der Waals surface area contributed by atoms with Crippen LogP contribution in [-0.2, 0) is 4.79 Å². The summed E-state index contributed by atoms with van der Waals surface area (Å²) in [6.07, 6.45) is 11.8. The fourth-order valence-electron chi connectivity index (χ4n) is 6.77. The first kappa shape index (κ1) is 21.0. The third-order valence-electron chi connectivity index (χ3n) is 8.69. The highest BCUT2D eigenvalue weighted by molar-refractivity contribution is 5.93. The third kappa shape index (κ3) is 3.57. The molecule has 2 saturated heterocycles. The summed E-state index contributed by atoms with van der Waals surface area (Å²) in [6, 6.07) is 11.2. The molecular weight excluding hydrogens is 382 g/mol. The van der Waals surface area contributed by atoms with Crippen molar-refractivity contribution >= 4 is 24.0 Å². The predicted octanol–water partition coefficient (Wildman–Crippen LogP) is 4.59. The first-order valence-electron chi connectivity index (χ1n) is 11.5. The predicted molar refractivity (Wildman–Crippen MR) is 120 cm³/mol. The number of carbonyl (C=O) groups is 1. The molecule has 5 heteroatoms. The van der Waals surface area contributed by atoms with Gasteiger partial charge in [-0.05, 0) is 68.4 Å². The van der Waals surface area contributed by atoms with Gasteiger partial charge in [0.25, 0.3) is 0 Å². The van der Waals surface area contributed by atoms with Gasteiger partial charge in [0.1, 0.15) is 5.54 Å². The molecule has 0 bridgehead atoms. The number of para-hydroxylation sites is 1. The van der Waals surface area contributed by atoms with Gasteiger partial charge in [-0.2, -0.15) is 0 Å². The minimum atomic E-state index is -0.341. The molecule has 3 unspecified atom stereocenters. The van der Waals surface area contributed by atoms with E-state index >= 15 is 0 Å². The van der Waals surface area contributed by atoms with Gasteiger partial charge < -0.3 is 15.1 Å². The van der Waals surface area contributed by atoms with Crippen LogP contribution in [0.15, 0.2) is 30.3 Å². The number of piperidine rings is 1. The van der Waals surface area contributed by atoms with Crippen LogP contribution in [0.3, 0.4) is 0 Å². The van der Waals surface area contributed by atoms with E-state index in [4.69, 9.17) is 0 Å². The highest BCUT2D eigenvalue weighted by Crippen LogP contribution is 2.51. The molecule has 5 rings (SSSR count). The molecule has 1 aromatic carbocycles. The number of likely N-dealkylation sites (tertiary alicyclic amines) is 1. The van der Waals surface area contributed by atoms with Crippen LogP contribution >= 0.6 is 12.4 Å². The van der Waals surface area contributed by atoms with Crippen molar-refractivity contribution in [1.29, 1.82) is 0 Å². The fourth-order valence-corrected chi connectivity index (χ4v) is 6.77. The minimum Gasteiger partial charge on any atom is -0.339 e. The number of hydrogen-bond donors (Lipinski definition) is 1. The Morgan fingerprint density at radius 3 is 2.52 bits per heavy atom. The Kier molecular flexibility index (Phi) is 5.87. The lowest BCUT2D eigenvalue weighted by atomic mass is 9.59. The molecule has 1 amide bonds. The third-order valence-corrected chi connectivity index (χ3v) is 8.69. The number of fused-ring (bicyclic) bond motifs is 1. The molecular formula is C24H36ClN3O. The number of nitrogens with one attached hydrogen (secondary N) is 1. The highest BCUT2D eigenvalue weighted by atomic mass is 35.5. The maximum Gasteiger partial charge on any atom is 0.247 e. The standard InChI is InChI=1S/C24H35N3O.ClH/c1-23-11-6-5-7-19(23)17-21(10-12-23)26-15-13-24(14-16-26)22(28)25-18-27(24)20-8-3-2-4-9-20;/h2-4,8-9,19,21H,5-7,10-18H2,1H3,(H,25,28);1H. The second-order valence-corrected chi connectivity index (χ2v) is 10.0.